The van der Waals surface area contributed by atoms with E-state index in [1.165, 1.54) is 6.92 Å². The zero-order chi connectivity index (χ0) is 14.9. The Kier molecular flexibility index (Phi) is 3.48. The number of imide groups is 1. The maximum absolute atomic E-state index is 12.1. The molecule has 20 heavy (non-hydrogen) atoms. The minimum Gasteiger partial charge on any atom is -0.481 e. The molecule has 1 aromatic carbocycles. The molecule has 1 aliphatic rings. The van der Waals surface area contributed by atoms with Gasteiger partial charge in [-0.25, -0.2) is 4.79 Å². The topological polar surface area (TPSA) is 95.5 Å². The number of nitrogens with one attached hydrogen (secondary N) is 2. The Balaban J connectivity index is 2.40. The van der Waals surface area contributed by atoms with Crippen LogP contribution in [0.5, 0.6) is 0 Å². The van der Waals surface area contributed by atoms with E-state index in [1.54, 1.807) is 6.07 Å². The van der Waals surface area contributed by atoms with Crippen molar-refractivity contribution in [2.24, 2.45) is 5.92 Å². The quantitative estimate of drug-likeness (QED) is 0.710. The van der Waals surface area contributed by atoms with Gasteiger partial charge in [-0.3, -0.25) is 14.9 Å². The van der Waals surface area contributed by atoms with Gasteiger partial charge in [0.1, 0.15) is 5.54 Å². The van der Waals surface area contributed by atoms with Crippen molar-refractivity contribution < 1.29 is 19.5 Å². The molecular weight excluding hydrogens is 260 g/mol. The molecule has 106 valence electrons. The van der Waals surface area contributed by atoms with Crippen LogP contribution in [0.15, 0.2) is 24.3 Å². The van der Waals surface area contributed by atoms with E-state index in [4.69, 9.17) is 0 Å². The third-order valence-corrected chi connectivity index (χ3v) is 3.64. The maximum Gasteiger partial charge on any atom is 0.322 e. The number of carbonyl (C=O) groups is 3. The van der Waals surface area contributed by atoms with Crippen LogP contribution in [0.4, 0.5) is 4.79 Å². The Bertz CT molecular complexity index is 584. The van der Waals surface area contributed by atoms with E-state index in [-0.39, 0.29) is 6.42 Å². The highest BCUT2D eigenvalue weighted by molar-refractivity contribution is 6.09. The lowest BCUT2D eigenvalue weighted by molar-refractivity contribution is -0.147. The Morgan fingerprint density at radius 3 is 2.60 bits per heavy atom. The van der Waals surface area contributed by atoms with Crippen LogP contribution in [0.1, 0.15) is 18.1 Å². The van der Waals surface area contributed by atoms with Gasteiger partial charge in [0, 0.05) is 6.42 Å². The minimum atomic E-state index is -1.45. The van der Waals surface area contributed by atoms with Crippen LogP contribution in [0.25, 0.3) is 0 Å². The number of carbonyl (C=O) groups excluding carboxylic acids is 2. The van der Waals surface area contributed by atoms with E-state index in [2.05, 4.69) is 10.6 Å². The average Bonchev–Trinajstić information content (AvgIpc) is 2.64. The summed E-state index contributed by atoms with van der Waals surface area (Å²) in [6.07, 6.45) is 0.139. The number of aliphatic carboxylic acids is 1. The van der Waals surface area contributed by atoms with Gasteiger partial charge in [-0.15, -0.1) is 0 Å². The van der Waals surface area contributed by atoms with Crippen molar-refractivity contribution >= 4 is 17.9 Å². The Labute approximate surface area is 116 Å². The summed E-state index contributed by atoms with van der Waals surface area (Å²) in [6, 6.07) is 6.76. The number of urea groups is 1. The number of hydrogen-bond acceptors (Lipinski definition) is 3. The second-order valence-electron chi connectivity index (χ2n) is 5.11. The molecule has 2 unspecified atom stereocenters. The molecule has 0 bridgehead atoms. The summed E-state index contributed by atoms with van der Waals surface area (Å²) < 4.78 is 0. The predicted molar refractivity (Wildman–Crippen MR) is 71.1 cm³/mol. The summed E-state index contributed by atoms with van der Waals surface area (Å²) in [5, 5.41) is 13.8. The second-order valence-corrected chi connectivity index (χ2v) is 5.11. The highest BCUT2D eigenvalue weighted by Gasteiger charge is 2.52. The molecule has 0 aliphatic carbocycles. The van der Waals surface area contributed by atoms with Crippen LogP contribution < -0.4 is 10.6 Å². The summed E-state index contributed by atoms with van der Waals surface area (Å²) in [7, 11) is 0. The summed E-state index contributed by atoms with van der Waals surface area (Å²) in [5.41, 5.74) is 0.359. The fourth-order valence-corrected chi connectivity index (χ4v) is 2.44. The first kappa shape index (κ1) is 14.0. The molecule has 6 nitrogen and oxygen atoms in total. The normalized spacial score (nSPS) is 23.1. The van der Waals surface area contributed by atoms with Gasteiger partial charge in [-0.1, -0.05) is 29.8 Å². The van der Waals surface area contributed by atoms with E-state index in [1.807, 2.05) is 25.1 Å². The predicted octanol–water partition coefficient (Wildman–Crippen LogP) is 0.836. The molecule has 2 rings (SSSR count). The van der Waals surface area contributed by atoms with E-state index in [0.717, 1.165) is 11.1 Å². The molecule has 1 fully saturated rings. The zero-order valence-electron chi connectivity index (χ0n) is 11.3. The van der Waals surface area contributed by atoms with Crippen molar-refractivity contribution in [2.75, 3.05) is 0 Å². The van der Waals surface area contributed by atoms with Crippen molar-refractivity contribution in [1.29, 1.82) is 0 Å². The second kappa shape index (κ2) is 4.96. The molecule has 0 saturated carbocycles. The number of rotatable bonds is 4. The van der Waals surface area contributed by atoms with Crippen molar-refractivity contribution in [2.45, 2.75) is 25.8 Å². The molecule has 3 amide bonds. The number of carboxylic acid groups (broad SMARTS) is 1. The molecule has 2 atom stereocenters. The molecular formula is C14H16N2O4. The SMILES string of the molecule is Cc1cccc(CC2(C(C)C(=O)O)NC(=O)NC2=O)c1. The number of aryl methyl sites for hydroxylation is 1. The third-order valence-electron chi connectivity index (χ3n) is 3.64. The molecule has 0 radical (unpaired) electrons. The smallest absolute Gasteiger partial charge is 0.322 e. The summed E-state index contributed by atoms with van der Waals surface area (Å²) in [6.45, 7) is 3.33. The Morgan fingerprint density at radius 2 is 2.10 bits per heavy atom. The largest absolute Gasteiger partial charge is 0.481 e. The minimum absolute atomic E-state index is 0.139. The van der Waals surface area contributed by atoms with Crippen molar-refractivity contribution in [1.82, 2.24) is 10.6 Å². The van der Waals surface area contributed by atoms with Crippen LogP contribution >= 0.6 is 0 Å². The first-order valence-corrected chi connectivity index (χ1v) is 6.27. The van der Waals surface area contributed by atoms with Crippen LogP contribution in [0, 0.1) is 12.8 Å². The molecule has 6 heteroatoms. The highest BCUT2D eigenvalue weighted by Crippen LogP contribution is 2.27. The maximum atomic E-state index is 12.1. The fraction of sp³-hybridized carbons (Fsp3) is 0.357. The zero-order valence-corrected chi connectivity index (χ0v) is 11.3. The highest BCUT2D eigenvalue weighted by atomic mass is 16.4. The van der Waals surface area contributed by atoms with Gasteiger partial charge in [-0.2, -0.15) is 0 Å². The Hall–Kier alpha value is -2.37. The first-order valence-electron chi connectivity index (χ1n) is 6.27. The van der Waals surface area contributed by atoms with E-state index < -0.39 is 29.4 Å². The standard InChI is InChI=1S/C14H16N2O4/c1-8-4-3-5-10(6-8)7-14(9(2)11(17)18)12(19)15-13(20)16-14/h3-6,9H,7H2,1-2H3,(H,17,18)(H2,15,16,19,20). The third kappa shape index (κ3) is 2.36. The molecule has 1 aliphatic heterocycles. The van der Waals surface area contributed by atoms with E-state index >= 15 is 0 Å². The van der Waals surface area contributed by atoms with Crippen LogP contribution in [-0.2, 0) is 16.0 Å². The fourth-order valence-electron chi connectivity index (χ4n) is 2.44. The van der Waals surface area contributed by atoms with Crippen LogP contribution in [0.3, 0.4) is 0 Å². The molecule has 1 saturated heterocycles. The van der Waals surface area contributed by atoms with Gasteiger partial charge in [0.2, 0.25) is 0 Å². The van der Waals surface area contributed by atoms with Crippen LogP contribution in [0.2, 0.25) is 0 Å². The first-order chi connectivity index (χ1) is 9.35. The van der Waals surface area contributed by atoms with Gasteiger partial charge >= 0.3 is 12.0 Å². The van der Waals surface area contributed by atoms with E-state index in [0.29, 0.717) is 0 Å². The number of hydrogen-bond donors (Lipinski definition) is 3. The molecule has 3 N–H and O–H groups in total. The molecule has 0 spiro atoms. The summed E-state index contributed by atoms with van der Waals surface area (Å²) in [5.74, 6) is -2.76. The van der Waals surface area contributed by atoms with Crippen molar-refractivity contribution in [3.63, 3.8) is 0 Å². The lowest BCUT2D eigenvalue weighted by atomic mass is 9.79. The summed E-state index contributed by atoms with van der Waals surface area (Å²) >= 11 is 0. The number of benzene rings is 1. The average molecular weight is 276 g/mol. The molecule has 0 aromatic heterocycles. The number of carboxylic acids is 1. The van der Waals surface area contributed by atoms with Gasteiger partial charge in [-0.05, 0) is 19.4 Å². The summed E-state index contributed by atoms with van der Waals surface area (Å²) in [4.78, 5) is 34.8. The van der Waals surface area contributed by atoms with Gasteiger partial charge < -0.3 is 10.4 Å². The lowest BCUT2D eigenvalue weighted by Gasteiger charge is -2.30. The Morgan fingerprint density at radius 1 is 1.40 bits per heavy atom. The van der Waals surface area contributed by atoms with Gasteiger partial charge in [0.25, 0.3) is 5.91 Å². The van der Waals surface area contributed by atoms with Crippen LogP contribution in [-0.4, -0.2) is 28.6 Å². The van der Waals surface area contributed by atoms with E-state index in [9.17, 15) is 19.5 Å². The van der Waals surface area contributed by atoms with Gasteiger partial charge in [0.15, 0.2) is 0 Å². The molecule has 1 aromatic rings. The van der Waals surface area contributed by atoms with Crippen molar-refractivity contribution in [3.8, 4) is 0 Å². The van der Waals surface area contributed by atoms with Gasteiger partial charge in [0.05, 0.1) is 5.92 Å². The molecule has 1 heterocycles. The lowest BCUT2D eigenvalue weighted by Crippen LogP contribution is -2.56. The van der Waals surface area contributed by atoms with Crippen molar-refractivity contribution in [3.05, 3.63) is 35.4 Å². The number of amides is 3. The monoisotopic (exact) mass is 276 g/mol.